The van der Waals surface area contributed by atoms with Gasteiger partial charge in [0.15, 0.2) is 5.78 Å². The summed E-state index contributed by atoms with van der Waals surface area (Å²) >= 11 is 3.31. The molecule has 0 atom stereocenters. The van der Waals surface area contributed by atoms with Gasteiger partial charge in [-0.2, -0.15) is 0 Å². The van der Waals surface area contributed by atoms with Gasteiger partial charge in [0.05, 0.1) is 0 Å². The van der Waals surface area contributed by atoms with Gasteiger partial charge in [-0.15, -0.1) is 22.7 Å². The number of ketones is 1. The number of carbonyl (C=O) groups is 2. The molecule has 0 aliphatic rings. The fraction of sp³-hybridized carbons (Fsp3) is 0.375. The summed E-state index contributed by atoms with van der Waals surface area (Å²) < 4.78 is 0. The van der Waals surface area contributed by atoms with Crippen molar-refractivity contribution in [3.05, 3.63) is 43.8 Å². The summed E-state index contributed by atoms with van der Waals surface area (Å²) in [6.07, 6.45) is 1.39. The molecule has 2 aromatic rings. The van der Waals surface area contributed by atoms with Crippen LogP contribution in [0.15, 0.2) is 23.6 Å². The highest BCUT2D eigenvalue weighted by Gasteiger charge is 2.13. The normalized spacial score (nSPS) is 10.6. The third-order valence-corrected chi connectivity index (χ3v) is 5.10. The van der Waals surface area contributed by atoms with Crippen LogP contribution in [0.25, 0.3) is 0 Å². The van der Waals surface area contributed by atoms with Crippen LogP contribution in [0.1, 0.15) is 37.8 Å². The summed E-state index contributed by atoms with van der Waals surface area (Å²) in [5.74, 6) is 0.00904. The zero-order valence-corrected chi connectivity index (χ0v) is 13.9. The van der Waals surface area contributed by atoms with Crippen LogP contribution < -0.4 is 5.32 Å². The molecule has 0 fully saturated rings. The number of hydrogen-bond donors (Lipinski definition) is 1. The van der Waals surface area contributed by atoms with Crippen molar-refractivity contribution in [2.24, 2.45) is 0 Å². The fourth-order valence-electron chi connectivity index (χ4n) is 2.14. The van der Waals surface area contributed by atoms with E-state index >= 15 is 0 Å². The topological polar surface area (TPSA) is 46.2 Å². The molecule has 112 valence electrons. The maximum absolute atomic E-state index is 12.1. The smallest absolute Gasteiger partial charge is 0.220 e. The molecule has 2 aromatic heterocycles. The van der Waals surface area contributed by atoms with Crippen molar-refractivity contribution in [2.45, 2.75) is 33.1 Å². The van der Waals surface area contributed by atoms with Gasteiger partial charge in [-0.3, -0.25) is 9.59 Å². The highest BCUT2D eigenvalue weighted by atomic mass is 32.1. The van der Waals surface area contributed by atoms with Gasteiger partial charge in [-0.05, 0) is 37.8 Å². The molecule has 0 spiro atoms. The number of thiophene rings is 2. The highest BCUT2D eigenvalue weighted by molar-refractivity contribution is 7.12. The van der Waals surface area contributed by atoms with Gasteiger partial charge in [0.25, 0.3) is 0 Å². The number of rotatable bonds is 7. The second kappa shape index (κ2) is 7.52. The third kappa shape index (κ3) is 4.79. The largest absolute Gasteiger partial charge is 0.356 e. The van der Waals surface area contributed by atoms with Crippen LogP contribution in [0.5, 0.6) is 0 Å². The first-order chi connectivity index (χ1) is 10.1. The van der Waals surface area contributed by atoms with Crippen LogP contribution >= 0.6 is 22.7 Å². The maximum Gasteiger partial charge on any atom is 0.220 e. The second-order valence-electron chi connectivity index (χ2n) is 4.93. The zero-order chi connectivity index (χ0) is 15.2. The Labute approximate surface area is 133 Å². The summed E-state index contributed by atoms with van der Waals surface area (Å²) in [4.78, 5) is 27.2. The number of nitrogens with one attached hydrogen (secondary N) is 1. The number of hydrogen-bond acceptors (Lipinski definition) is 4. The van der Waals surface area contributed by atoms with E-state index in [4.69, 9.17) is 0 Å². The molecule has 0 saturated heterocycles. The van der Waals surface area contributed by atoms with Crippen molar-refractivity contribution < 1.29 is 9.59 Å². The van der Waals surface area contributed by atoms with Gasteiger partial charge in [0, 0.05) is 39.6 Å². The molecule has 0 bridgehead atoms. The molecule has 0 radical (unpaired) electrons. The van der Waals surface area contributed by atoms with Gasteiger partial charge in [0.2, 0.25) is 5.91 Å². The van der Waals surface area contributed by atoms with Gasteiger partial charge in [-0.25, -0.2) is 0 Å². The number of Topliss-reactive ketones (excluding diaryl/α,β-unsaturated/α-hetero) is 1. The molecule has 0 aliphatic heterocycles. The second-order valence-corrected chi connectivity index (χ2v) is 7.42. The zero-order valence-electron chi connectivity index (χ0n) is 12.3. The molecule has 3 nitrogen and oxygen atoms in total. The third-order valence-electron chi connectivity index (χ3n) is 3.19. The van der Waals surface area contributed by atoms with Gasteiger partial charge in [0.1, 0.15) is 0 Å². The average Bonchev–Trinajstić information content (AvgIpc) is 3.06. The minimum atomic E-state index is -0.0514. The lowest BCUT2D eigenvalue weighted by molar-refractivity contribution is -0.121. The van der Waals surface area contributed by atoms with Gasteiger partial charge < -0.3 is 5.32 Å². The molecular weight excluding hydrogens is 302 g/mol. The Morgan fingerprint density at radius 3 is 2.67 bits per heavy atom. The van der Waals surface area contributed by atoms with E-state index in [1.807, 2.05) is 31.4 Å². The predicted molar refractivity (Wildman–Crippen MR) is 88.4 cm³/mol. The van der Waals surface area contributed by atoms with Crippen molar-refractivity contribution in [1.29, 1.82) is 0 Å². The fourth-order valence-corrected chi connectivity index (χ4v) is 3.79. The van der Waals surface area contributed by atoms with E-state index in [9.17, 15) is 9.59 Å². The summed E-state index contributed by atoms with van der Waals surface area (Å²) in [6.45, 7) is 4.57. The quantitative estimate of drug-likeness (QED) is 0.790. The van der Waals surface area contributed by atoms with Crippen LogP contribution in [-0.2, 0) is 11.2 Å². The van der Waals surface area contributed by atoms with Crippen LogP contribution in [0.2, 0.25) is 0 Å². The number of carbonyl (C=O) groups excluding carboxylic acids is 2. The van der Waals surface area contributed by atoms with Crippen LogP contribution in [-0.4, -0.2) is 18.2 Å². The Balaban J connectivity index is 1.71. The van der Waals surface area contributed by atoms with E-state index in [-0.39, 0.29) is 24.5 Å². The average molecular weight is 321 g/mol. The Bertz CT molecular complexity index is 614. The van der Waals surface area contributed by atoms with Crippen molar-refractivity contribution in [2.75, 3.05) is 6.54 Å². The molecule has 2 rings (SSSR count). The van der Waals surface area contributed by atoms with Crippen molar-refractivity contribution >= 4 is 34.4 Å². The molecule has 5 heteroatoms. The summed E-state index contributed by atoms with van der Waals surface area (Å²) in [5.41, 5.74) is 0.767. The van der Waals surface area contributed by atoms with E-state index in [0.29, 0.717) is 6.54 Å². The van der Waals surface area contributed by atoms with E-state index in [0.717, 1.165) is 21.7 Å². The first-order valence-corrected chi connectivity index (χ1v) is 8.65. The van der Waals surface area contributed by atoms with Gasteiger partial charge in [-0.1, -0.05) is 6.07 Å². The summed E-state index contributed by atoms with van der Waals surface area (Å²) in [7, 11) is 0. The lowest BCUT2D eigenvalue weighted by Gasteiger charge is -2.04. The highest BCUT2D eigenvalue weighted by Crippen LogP contribution is 2.22. The lowest BCUT2D eigenvalue weighted by atomic mass is 10.1. The summed E-state index contributed by atoms with van der Waals surface area (Å²) in [6, 6.07) is 5.98. The molecule has 21 heavy (non-hydrogen) atoms. The molecular formula is C16H19NO2S2. The van der Waals surface area contributed by atoms with Crippen LogP contribution in [0.4, 0.5) is 0 Å². The van der Waals surface area contributed by atoms with E-state index < -0.39 is 0 Å². The maximum atomic E-state index is 12.1. The van der Waals surface area contributed by atoms with Crippen LogP contribution in [0.3, 0.4) is 0 Å². The molecule has 0 aliphatic carbocycles. The molecule has 1 N–H and O–H groups in total. The molecule has 0 aromatic carbocycles. The lowest BCUT2D eigenvalue weighted by Crippen LogP contribution is -2.25. The standard InChI is InChI=1S/C16H19NO2S2/c1-11-10-14(12(2)21-11)15(18)5-6-16(19)17-8-7-13-4-3-9-20-13/h3-4,9-10H,5-8H2,1-2H3,(H,17,19). The van der Waals surface area contributed by atoms with Crippen molar-refractivity contribution in [3.8, 4) is 0 Å². The molecule has 0 unspecified atom stereocenters. The van der Waals surface area contributed by atoms with Gasteiger partial charge >= 0.3 is 0 Å². The monoisotopic (exact) mass is 321 g/mol. The Kier molecular flexibility index (Phi) is 5.70. The Morgan fingerprint density at radius 2 is 2.05 bits per heavy atom. The first kappa shape index (κ1) is 15.9. The molecule has 0 saturated carbocycles. The van der Waals surface area contributed by atoms with E-state index in [1.54, 1.807) is 22.7 Å². The van der Waals surface area contributed by atoms with E-state index in [2.05, 4.69) is 11.4 Å². The number of aryl methyl sites for hydroxylation is 2. The summed E-state index contributed by atoms with van der Waals surface area (Å²) in [5, 5.41) is 4.89. The minimum absolute atomic E-state index is 0.0514. The predicted octanol–water partition coefficient (Wildman–Crippen LogP) is 3.75. The minimum Gasteiger partial charge on any atom is -0.356 e. The first-order valence-electron chi connectivity index (χ1n) is 6.95. The SMILES string of the molecule is Cc1cc(C(=O)CCC(=O)NCCc2cccs2)c(C)s1. The van der Waals surface area contributed by atoms with Crippen LogP contribution in [0, 0.1) is 13.8 Å². The van der Waals surface area contributed by atoms with Crippen molar-refractivity contribution in [3.63, 3.8) is 0 Å². The van der Waals surface area contributed by atoms with E-state index in [1.165, 1.54) is 4.88 Å². The molecule has 2 heterocycles. The Morgan fingerprint density at radius 1 is 1.24 bits per heavy atom. The Hall–Kier alpha value is -1.46. The molecule has 1 amide bonds. The number of amides is 1. The van der Waals surface area contributed by atoms with Crippen molar-refractivity contribution in [1.82, 2.24) is 5.32 Å².